The average Bonchev–Trinajstić information content (AvgIpc) is 3.19. The Hall–Kier alpha value is -0.530. The van der Waals surface area contributed by atoms with Gasteiger partial charge in [0.25, 0.3) is 0 Å². The molecule has 0 heterocycles. The number of rotatable bonds is 24. The Kier molecular flexibility index (Phi) is 145. The van der Waals surface area contributed by atoms with Crippen molar-refractivity contribution in [2.75, 3.05) is 7.11 Å². The maximum Gasteiger partial charge on any atom is 0.302 e. The lowest BCUT2D eigenvalue weighted by Crippen LogP contribution is -1.88. The molecule has 53 heavy (non-hydrogen) atoms. The van der Waals surface area contributed by atoms with Crippen LogP contribution < -0.4 is 0 Å². The summed E-state index contributed by atoms with van der Waals surface area (Å²) in [5.74, 6) is -0.245. The molecule has 0 aliphatic heterocycles. The van der Waals surface area contributed by atoms with Crippen LogP contribution in [0.1, 0.15) is 323 Å². The van der Waals surface area contributed by atoms with E-state index in [1.807, 2.05) is 0 Å². The van der Waals surface area contributed by atoms with Gasteiger partial charge in [0.1, 0.15) is 0 Å². The molecule has 0 aliphatic rings. The third kappa shape index (κ3) is 194. The maximum absolute atomic E-state index is 9.59. The topological polar surface area (TPSA) is 26.3 Å². The van der Waals surface area contributed by atoms with Crippen molar-refractivity contribution < 1.29 is 9.53 Å². The van der Waals surface area contributed by atoms with Gasteiger partial charge in [-0.25, -0.2) is 0 Å². The molecule has 0 saturated heterocycles. The number of hydrogen-bond acceptors (Lipinski definition) is 2. The van der Waals surface area contributed by atoms with Crippen molar-refractivity contribution in [1.29, 1.82) is 0 Å². The van der Waals surface area contributed by atoms with Gasteiger partial charge in [-0.3, -0.25) is 4.79 Å². The fourth-order valence-corrected chi connectivity index (χ4v) is 4.00. The van der Waals surface area contributed by atoms with Crippen LogP contribution in [0.15, 0.2) is 0 Å². The minimum Gasteiger partial charge on any atom is -0.469 e. The van der Waals surface area contributed by atoms with Crippen LogP contribution in [0.4, 0.5) is 0 Å². The summed E-state index contributed by atoms with van der Waals surface area (Å²) >= 11 is 0. The predicted molar refractivity (Wildman–Crippen MR) is 256 cm³/mol. The van der Waals surface area contributed by atoms with Crippen molar-refractivity contribution in [1.82, 2.24) is 0 Å². The first-order valence-electron chi connectivity index (χ1n) is 24.6. The van der Waals surface area contributed by atoms with Gasteiger partial charge < -0.3 is 4.74 Å². The number of ether oxygens (including phenoxy) is 1. The average molecular weight is 764 g/mol. The fraction of sp³-hybridized carbons (Fsp3) is 0.980. The second-order valence-corrected chi connectivity index (χ2v) is 14.4. The van der Waals surface area contributed by atoms with Crippen molar-refractivity contribution in [3.05, 3.63) is 0 Å². The molecular formula is C51H118O2. The summed E-state index contributed by atoms with van der Waals surface area (Å²) in [4.78, 5) is 9.59. The molecule has 0 saturated carbocycles. The van der Waals surface area contributed by atoms with Crippen molar-refractivity contribution in [2.45, 2.75) is 323 Å². The number of carbonyl (C=O) groups excluding carboxylic acids is 1. The second kappa shape index (κ2) is 104. The summed E-state index contributed by atoms with van der Waals surface area (Å²) in [6.07, 6.45) is 44.3. The third-order valence-electron chi connectivity index (χ3n) is 7.94. The molecule has 0 atom stereocenters. The summed E-state index contributed by atoms with van der Waals surface area (Å²) in [5.41, 5.74) is 0. The molecule has 334 valence electrons. The van der Waals surface area contributed by atoms with Crippen molar-refractivity contribution in [3.8, 4) is 0 Å². The third-order valence-corrected chi connectivity index (χ3v) is 7.94. The van der Waals surface area contributed by atoms with Gasteiger partial charge in [-0.05, 0) is 0 Å². The Morgan fingerprint density at radius 2 is 0.302 bits per heavy atom. The lowest BCUT2D eigenvalue weighted by atomic mass is 10.2. The predicted octanol–water partition coefficient (Wildman–Crippen LogP) is 20.9. The molecule has 0 aromatic carbocycles. The van der Waals surface area contributed by atoms with E-state index >= 15 is 0 Å². The zero-order chi connectivity index (χ0) is 42.9. The molecule has 2 nitrogen and oxygen atoms in total. The molecule has 0 radical (unpaired) electrons. The van der Waals surface area contributed by atoms with Crippen LogP contribution in [0.5, 0.6) is 0 Å². The molecule has 0 aromatic heterocycles. The van der Waals surface area contributed by atoms with Crippen LogP contribution in [0, 0.1) is 0 Å². The Bertz CT molecular complexity index is 293. The van der Waals surface area contributed by atoms with Gasteiger partial charge in [0, 0.05) is 6.92 Å². The Labute approximate surface area is 344 Å². The minimum absolute atomic E-state index is 0.245. The van der Waals surface area contributed by atoms with Crippen molar-refractivity contribution >= 4 is 5.97 Å². The molecule has 0 N–H and O–H groups in total. The van der Waals surface area contributed by atoms with E-state index in [0.29, 0.717) is 0 Å². The van der Waals surface area contributed by atoms with E-state index in [-0.39, 0.29) is 5.97 Å². The van der Waals surface area contributed by atoms with Gasteiger partial charge >= 0.3 is 5.97 Å². The minimum atomic E-state index is -0.245. The lowest BCUT2D eigenvalue weighted by molar-refractivity contribution is -0.137. The summed E-state index contributed by atoms with van der Waals surface area (Å²) in [5, 5.41) is 0. The first-order chi connectivity index (χ1) is 25.6. The number of esters is 1. The summed E-state index contributed by atoms with van der Waals surface area (Å²) < 4.78 is 4.11. The van der Waals surface area contributed by atoms with E-state index in [2.05, 4.69) is 116 Å². The Morgan fingerprint density at radius 3 is 0.321 bits per heavy atom. The molecular weight excluding hydrogens is 645 g/mol. The molecule has 2 heteroatoms. The highest BCUT2D eigenvalue weighted by molar-refractivity contribution is 5.65. The van der Waals surface area contributed by atoms with Crippen molar-refractivity contribution in [2.24, 2.45) is 0 Å². The number of carbonyl (C=O) groups is 1. The van der Waals surface area contributed by atoms with E-state index in [9.17, 15) is 4.79 Å². The molecule has 0 aromatic rings. The van der Waals surface area contributed by atoms with Crippen LogP contribution in [-0.4, -0.2) is 13.1 Å². The monoisotopic (exact) mass is 763 g/mol. The van der Waals surface area contributed by atoms with E-state index in [1.165, 1.54) is 219 Å². The van der Waals surface area contributed by atoms with Gasteiger partial charge in [-0.15, -0.1) is 0 Å². The van der Waals surface area contributed by atoms with E-state index in [4.69, 9.17) is 0 Å². The molecule has 0 fully saturated rings. The highest BCUT2D eigenvalue weighted by Crippen LogP contribution is 1.99. The standard InChI is InChI=1S/8C6H14.C3H6O2/c8*1-3-5-6-4-2;1-3(4)5-2/h8*3-6H2,1-2H3;1-2H3. The maximum atomic E-state index is 9.59. The first kappa shape index (κ1) is 73.6. The number of hydrogen-bond donors (Lipinski definition) is 0. The molecule has 0 bridgehead atoms. The Balaban J connectivity index is -0.0000000587. The fourth-order valence-electron chi connectivity index (χ4n) is 4.00. The smallest absolute Gasteiger partial charge is 0.302 e. The highest BCUT2D eigenvalue weighted by atomic mass is 16.5. The van der Waals surface area contributed by atoms with Crippen LogP contribution in [0.2, 0.25) is 0 Å². The second-order valence-electron chi connectivity index (χ2n) is 14.4. The summed E-state index contributed by atoms with van der Waals surface area (Å²) in [6.45, 7) is 37.1. The molecule has 0 rings (SSSR count). The van der Waals surface area contributed by atoms with Gasteiger partial charge in [0.15, 0.2) is 0 Å². The SMILES string of the molecule is CCCCCC.CCCCCC.CCCCCC.CCCCCC.CCCCCC.CCCCCC.CCCCCC.CCCCCC.COC(C)=O. The number of methoxy groups -OCH3 is 1. The molecule has 0 unspecified atom stereocenters. The van der Waals surface area contributed by atoms with Crippen LogP contribution in [0.25, 0.3) is 0 Å². The van der Waals surface area contributed by atoms with E-state index < -0.39 is 0 Å². The molecule has 0 amide bonds. The Morgan fingerprint density at radius 1 is 0.245 bits per heavy atom. The van der Waals surface area contributed by atoms with E-state index in [0.717, 1.165) is 0 Å². The van der Waals surface area contributed by atoms with Gasteiger partial charge in [0.2, 0.25) is 0 Å². The normalized spacial score (nSPS) is 8.79. The quantitative estimate of drug-likeness (QED) is 0.0723. The first-order valence-corrected chi connectivity index (χ1v) is 24.6. The van der Waals surface area contributed by atoms with Gasteiger partial charge in [-0.1, -0.05) is 316 Å². The van der Waals surface area contributed by atoms with Gasteiger partial charge in [0.05, 0.1) is 7.11 Å². The summed E-state index contributed by atoms with van der Waals surface area (Å²) in [6, 6.07) is 0. The largest absolute Gasteiger partial charge is 0.469 e. The summed E-state index contributed by atoms with van der Waals surface area (Å²) in [7, 11) is 1.35. The highest BCUT2D eigenvalue weighted by Gasteiger charge is 1.79. The van der Waals surface area contributed by atoms with Crippen molar-refractivity contribution in [3.63, 3.8) is 0 Å². The molecule has 0 aliphatic carbocycles. The zero-order valence-corrected chi connectivity index (χ0v) is 41.9. The lowest BCUT2D eigenvalue weighted by Gasteiger charge is -1.86. The van der Waals surface area contributed by atoms with E-state index in [1.54, 1.807) is 0 Å². The zero-order valence-electron chi connectivity index (χ0n) is 41.9. The van der Waals surface area contributed by atoms with Crippen LogP contribution in [-0.2, 0) is 9.53 Å². The van der Waals surface area contributed by atoms with Crippen LogP contribution in [0.3, 0.4) is 0 Å². The molecule has 0 spiro atoms. The number of unbranched alkanes of at least 4 members (excludes halogenated alkanes) is 24. The van der Waals surface area contributed by atoms with Crippen LogP contribution >= 0.6 is 0 Å². The van der Waals surface area contributed by atoms with Gasteiger partial charge in [-0.2, -0.15) is 0 Å².